The maximum absolute atomic E-state index is 12.5. The molecule has 0 unspecified atom stereocenters. The normalized spacial score (nSPS) is 10.9. The molecule has 1 aromatic carbocycles. The van der Waals surface area contributed by atoms with Crippen LogP contribution < -0.4 is 15.4 Å². The second kappa shape index (κ2) is 8.86. The van der Waals surface area contributed by atoms with Crippen LogP contribution >= 0.6 is 0 Å². The van der Waals surface area contributed by atoms with E-state index in [9.17, 15) is 22.8 Å². The Morgan fingerprint density at radius 2 is 1.87 bits per heavy atom. The first-order valence-electron chi connectivity index (χ1n) is 6.82. The van der Waals surface area contributed by atoms with Gasteiger partial charge in [-0.15, -0.1) is 0 Å². The fourth-order valence-corrected chi connectivity index (χ4v) is 1.60. The Kier molecular flexibility index (Phi) is 7.17. The third-order valence-corrected chi connectivity index (χ3v) is 2.67. The number of carboxylic acids is 1. The molecule has 2 amide bonds. The molecule has 0 saturated carbocycles. The molecule has 0 radical (unpaired) electrons. The highest BCUT2D eigenvalue weighted by Gasteiger charge is 2.30. The van der Waals surface area contributed by atoms with Crippen molar-refractivity contribution in [1.82, 2.24) is 10.6 Å². The molecule has 0 atom stereocenters. The number of hydrogen-bond donors (Lipinski definition) is 3. The van der Waals surface area contributed by atoms with Crippen molar-refractivity contribution in [3.8, 4) is 5.75 Å². The zero-order valence-corrected chi connectivity index (χ0v) is 12.2. The van der Waals surface area contributed by atoms with Crippen LogP contribution in [-0.2, 0) is 11.0 Å². The fraction of sp³-hybridized carbons (Fsp3) is 0.429. The minimum atomic E-state index is -4.44. The molecule has 9 heteroatoms. The number of nitrogens with one attached hydrogen (secondary N) is 2. The smallest absolute Gasteiger partial charge is 0.416 e. The lowest BCUT2D eigenvalue weighted by Crippen LogP contribution is -2.38. The van der Waals surface area contributed by atoms with Gasteiger partial charge in [-0.25, -0.2) is 4.79 Å². The Labute approximate surface area is 130 Å². The second-order valence-corrected chi connectivity index (χ2v) is 4.55. The number of halogens is 3. The van der Waals surface area contributed by atoms with E-state index in [4.69, 9.17) is 9.84 Å². The lowest BCUT2D eigenvalue weighted by molar-refractivity contribution is -0.138. The number of alkyl halides is 3. The third-order valence-electron chi connectivity index (χ3n) is 2.67. The van der Waals surface area contributed by atoms with Crippen LogP contribution in [0, 0.1) is 0 Å². The van der Waals surface area contributed by atoms with Crippen molar-refractivity contribution in [2.24, 2.45) is 0 Å². The minimum absolute atomic E-state index is 0.00383. The first kappa shape index (κ1) is 18.6. The Morgan fingerprint density at radius 3 is 2.52 bits per heavy atom. The molecule has 6 nitrogen and oxygen atoms in total. The number of hydrogen-bond acceptors (Lipinski definition) is 3. The van der Waals surface area contributed by atoms with Crippen LogP contribution in [0.2, 0.25) is 0 Å². The molecule has 0 aliphatic rings. The van der Waals surface area contributed by atoms with E-state index in [1.54, 1.807) is 0 Å². The van der Waals surface area contributed by atoms with Crippen LogP contribution in [0.1, 0.15) is 18.4 Å². The Morgan fingerprint density at radius 1 is 1.17 bits per heavy atom. The summed E-state index contributed by atoms with van der Waals surface area (Å²) in [6.45, 7) is 0.317. The number of ether oxygens (including phenoxy) is 1. The number of carbonyl (C=O) groups excluding carboxylic acids is 1. The van der Waals surface area contributed by atoms with Gasteiger partial charge in [-0.2, -0.15) is 13.2 Å². The van der Waals surface area contributed by atoms with E-state index < -0.39 is 23.7 Å². The van der Waals surface area contributed by atoms with E-state index in [1.807, 2.05) is 0 Å². The van der Waals surface area contributed by atoms with Crippen molar-refractivity contribution in [3.63, 3.8) is 0 Å². The summed E-state index contributed by atoms with van der Waals surface area (Å²) < 4.78 is 42.6. The monoisotopic (exact) mass is 334 g/mol. The lowest BCUT2D eigenvalue weighted by Gasteiger charge is -2.11. The number of amides is 2. The van der Waals surface area contributed by atoms with Crippen molar-refractivity contribution >= 4 is 12.0 Å². The molecule has 1 rings (SSSR count). The number of rotatable bonds is 8. The first-order chi connectivity index (χ1) is 10.8. The quantitative estimate of drug-likeness (QED) is 0.636. The van der Waals surface area contributed by atoms with Gasteiger partial charge in [0.25, 0.3) is 0 Å². The highest BCUT2D eigenvalue weighted by atomic mass is 19.4. The number of aliphatic carboxylic acids is 1. The number of carbonyl (C=O) groups is 2. The molecule has 23 heavy (non-hydrogen) atoms. The zero-order chi connectivity index (χ0) is 17.3. The van der Waals surface area contributed by atoms with E-state index in [1.165, 1.54) is 12.1 Å². The largest absolute Gasteiger partial charge is 0.492 e. The summed E-state index contributed by atoms with van der Waals surface area (Å²) in [5.41, 5.74) is -0.806. The van der Waals surface area contributed by atoms with E-state index >= 15 is 0 Å². The molecule has 1 aromatic rings. The summed E-state index contributed by atoms with van der Waals surface area (Å²) in [5, 5.41) is 13.3. The average Bonchev–Trinajstić information content (AvgIpc) is 2.47. The van der Waals surface area contributed by atoms with Crippen molar-refractivity contribution in [3.05, 3.63) is 29.8 Å². The predicted octanol–water partition coefficient (Wildman–Crippen LogP) is 2.25. The summed E-state index contributed by atoms with van der Waals surface area (Å²) >= 11 is 0. The predicted molar refractivity (Wildman–Crippen MR) is 75.2 cm³/mol. The Balaban J connectivity index is 2.22. The summed E-state index contributed by atoms with van der Waals surface area (Å²) in [5.74, 6) is -0.884. The standard InChI is InChI=1S/C14H17F3N2O4/c15-14(16,17)10-3-1-4-11(9-10)23-8-7-19-13(22)18-6-2-5-12(20)21/h1,3-4,9H,2,5-8H2,(H,20,21)(H2,18,19,22). The topological polar surface area (TPSA) is 87.7 Å². The highest BCUT2D eigenvalue weighted by Crippen LogP contribution is 2.31. The van der Waals surface area contributed by atoms with E-state index in [0.717, 1.165) is 12.1 Å². The lowest BCUT2D eigenvalue weighted by atomic mass is 10.2. The van der Waals surface area contributed by atoms with Gasteiger partial charge in [0.05, 0.1) is 12.1 Å². The SMILES string of the molecule is O=C(O)CCCNC(=O)NCCOc1cccc(C(F)(F)F)c1. The number of urea groups is 1. The van der Waals surface area contributed by atoms with Gasteiger partial charge in [0.1, 0.15) is 12.4 Å². The van der Waals surface area contributed by atoms with Crippen LogP contribution in [0.4, 0.5) is 18.0 Å². The summed E-state index contributed by atoms with van der Waals surface area (Å²) in [6.07, 6.45) is -4.17. The molecule has 3 N–H and O–H groups in total. The Bertz CT molecular complexity index is 535. The number of benzene rings is 1. The molecule has 0 heterocycles. The molecule has 0 spiro atoms. The third kappa shape index (κ3) is 7.93. The van der Waals surface area contributed by atoms with Crippen molar-refractivity contribution in [1.29, 1.82) is 0 Å². The molecule has 0 bridgehead atoms. The van der Waals surface area contributed by atoms with Gasteiger partial charge in [0.2, 0.25) is 0 Å². The molecular weight excluding hydrogens is 317 g/mol. The van der Waals surface area contributed by atoms with E-state index in [0.29, 0.717) is 6.42 Å². The maximum atomic E-state index is 12.5. The van der Waals surface area contributed by atoms with E-state index in [-0.39, 0.29) is 31.9 Å². The molecule has 0 aliphatic carbocycles. The summed E-state index contributed by atoms with van der Waals surface area (Å²) in [4.78, 5) is 21.6. The van der Waals surface area contributed by atoms with Crippen molar-refractivity contribution in [2.75, 3.05) is 19.7 Å². The minimum Gasteiger partial charge on any atom is -0.492 e. The van der Waals surface area contributed by atoms with Crippen LogP contribution in [0.3, 0.4) is 0 Å². The van der Waals surface area contributed by atoms with Crippen LogP contribution in [0.15, 0.2) is 24.3 Å². The van der Waals surface area contributed by atoms with Gasteiger partial charge >= 0.3 is 18.2 Å². The summed E-state index contributed by atoms with van der Waals surface area (Å²) in [6, 6.07) is 3.95. The van der Waals surface area contributed by atoms with Gasteiger partial charge in [-0.05, 0) is 24.6 Å². The van der Waals surface area contributed by atoms with Crippen molar-refractivity contribution < 1.29 is 32.6 Å². The summed E-state index contributed by atoms with van der Waals surface area (Å²) in [7, 11) is 0. The average molecular weight is 334 g/mol. The van der Waals surface area contributed by atoms with Crippen molar-refractivity contribution in [2.45, 2.75) is 19.0 Å². The molecule has 0 saturated heterocycles. The molecule has 128 valence electrons. The van der Waals surface area contributed by atoms with Gasteiger partial charge in [0, 0.05) is 13.0 Å². The molecule has 0 aliphatic heterocycles. The fourth-order valence-electron chi connectivity index (χ4n) is 1.60. The molecule has 0 fully saturated rings. The van der Waals surface area contributed by atoms with E-state index in [2.05, 4.69) is 10.6 Å². The van der Waals surface area contributed by atoms with Gasteiger partial charge < -0.3 is 20.5 Å². The Hall–Kier alpha value is -2.45. The van der Waals surface area contributed by atoms with Gasteiger partial charge in [-0.3, -0.25) is 4.79 Å². The van der Waals surface area contributed by atoms with Gasteiger partial charge in [0.15, 0.2) is 0 Å². The molecular formula is C14H17F3N2O4. The second-order valence-electron chi connectivity index (χ2n) is 4.55. The zero-order valence-electron chi connectivity index (χ0n) is 12.2. The molecule has 0 aromatic heterocycles. The van der Waals surface area contributed by atoms with Gasteiger partial charge in [-0.1, -0.05) is 6.07 Å². The van der Waals surface area contributed by atoms with Crippen LogP contribution in [0.25, 0.3) is 0 Å². The highest BCUT2D eigenvalue weighted by molar-refractivity contribution is 5.73. The van der Waals surface area contributed by atoms with Crippen LogP contribution in [-0.4, -0.2) is 36.8 Å². The maximum Gasteiger partial charge on any atom is 0.416 e. The number of carboxylic acid groups (broad SMARTS) is 1. The van der Waals surface area contributed by atoms with Crippen LogP contribution in [0.5, 0.6) is 5.75 Å². The first-order valence-corrected chi connectivity index (χ1v) is 6.82.